The fourth-order valence-electron chi connectivity index (χ4n) is 3.38. The van der Waals surface area contributed by atoms with Crippen molar-refractivity contribution >= 4 is 40.7 Å². The Hall–Kier alpha value is -2.30. The quantitative estimate of drug-likeness (QED) is 0.412. The van der Waals surface area contributed by atoms with Crippen LogP contribution in [-0.4, -0.2) is 28.2 Å². The van der Waals surface area contributed by atoms with Crippen LogP contribution in [0.3, 0.4) is 0 Å². The lowest BCUT2D eigenvalue weighted by atomic mass is 9.94. The number of carbonyl (C=O) groups excluding carboxylic acids is 2. The number of aryl methyl sites for hydroxylation is 1. The molecule has 1 heterocycles. The van der Waals surface area contributed by atoms with Gasteiger partial charge in [-0.3, -0.25) is 9.59 Å². The number of nitrogens with zero attached hydrogens (tertiary/aromatic N) is 1. The number of amides is 1. The SMILES string of the molecule is Cc1ccc(C(O)=C2C(=O)C(=O)N(CC(C)C)[C@H]2c2ccc(Cl)cc2Cl)cc1. The molecule has 0 radical (unpaired) electrons. The Bertz CT molecular complexity index is 964. The number of rotatable bonds is 4. The molecule has 1 aliphatic heterocycles. The van der Waals surface area contributed by atoms with Gasteiger partial charge in [0.1, 0.15) is 5.76 Å². The smallest absolute Gasteiger partial charge is 0.295 e. The Morgan fingerprint density at radius 3 is 2.32 bits per heavy atom. The van der Waals surface area contributed by atoms with E-state index in [4.69, 9.17) is 23.2 Å². The normalized spacial score (nSPS) is 18.9. The van der Waals surface area contributed by atoms with Crippen molar-refractivity contribution in [1.82, 2.24) is 4.90 Å². The van der Waals surface area contributed by atoms with E-state index < -0.39 is 17.7 Å². The highest BCUT2D eigenvalue weighted by Gasteiger charge is 2.46. The van der Waals surface area contributed by atoms with Crippen LogP contribution in [0.25, 0.3) is 5.76 Å². The van der Waals surface area contributed by atoms with Gasteiger partial charge >= 0.3 is 0 Å². The number of aliphatic hydroxyl groups excluding tert-OH is 1. The van der Waals surface area contributed by atoms with Crippen molar-refractivity contribution in [3.05, 3.63) is 74.8 Å². The van der Waals surface area contributed by atoms with Crippen molar-refractivity contribution < 1.29 is 14.7 Å². The maximum atomic E-state index is 12.9. The first-order valence-electron chi connectivity index (χ1n) is 9.01. The summed E-state index contributed by atoms with van der Waals surface area (Å²) in [6.07, 6.45) is 0. The first kappa shape index (κ1) is 20.4. The van der Waals surface area contributed by atoms with Gasteiger partial charge < -0.3 is 10.0 Å². The average Bonchev–Trinajstić information content (AvgIpc) is 2.86. The molecule has 0 spiro atoms. The monoisotopic (exact) mass is 417 g/mol. The van der Waals surface area contributed by atoms with Crippen molar-refractivity contribution in [1.29, 1.82) is 0 Å². The molecular weight excluding hydrogens is 397 g/mol. The van der Waals surface area contributed by atoms with Gasteiger partial charge in [-0.05, 0) is 30.5 Å². The molecule has 146 valence electrons. The fourth-order valence-corrected chi connectivity index (χ4v) is 3.89. The first-order chi connectivity index (χ1) is 13.2. The molecule has 0 bridgehead atoms. The van der Waals surface area contributed by atoms with Crippen molar-refractivity contribution in [2.75, 3.05) is 6.54 Å². The Balaban J connectivity index is 2.22. The zero-order valence-corrected chi connectivity index (χ0v) is 17.4. The van der Waals surface area contributed by atoms with E-state index in [1.807, 2.05) is 32.9 Å². The molecule has 6 heteroatoms. The number of hydrogen-bond acceptors (Lipinski definition) is 3. The summed E-state index contributed by atoms with van der Waals surface area (Å²) < 4.78 is 0. The van der Waals surface area contributed by atoms with Gasteiger partial charge in [-0.15, -0.1) is 0 Å². The fraction of sp³-hybridized carbons (Fsp3) is 0.273. The third-order valence-corrected chi connectivity index (χ3v) is 5.25. The molecule has 3 rings (SSSR count). The van der Waals surface area contributed by atoms with Crippen LogP contribution in [0.2, 0.25) is 10.0 Å². The zero-order chi connectivity index (χ0) is 20.6. The molecule has 4 nitrogen and oxygen atoms in total. The molecule has 0 aliphatic carbocycles. The maximum absolute atomic E-state index is 12.9. The number of carbonyl (C=O) groups is 2. The molecular formula is C22H21Cl2NO3. The highest BCUT2D eigenvalue weighted by atomic mass is 35.5. The lowest BCUT2D eigenvalue weighted by molar-refractivity contribution is -0.140. The van der Waals surface area contributed by atoms with E-state index >= 15 is 0 Å². The lowest BCUT2D eigenvalue weighted by Gasteiger charge is -2.27. The van der Waals surface area contributed by atoms with Crippen molar-refractivity contribution in [2.24, 2.45) is 5.92 Å². The van der Waals surface area contributed by atoms with Crippen LogP contribution in [-0.2, 0) is 9.59 Å². The van der Waals surface area contributed by atoms with E-state index in [1.165, 1.54) is 4.90 Å². The lowest BCUT2D eigenvalue weighted by Crippen LogP contribution is -2.33. The number of benzene rings is 2. The van der Waals surface area contributed by atoms with Gasteiger partial charge in [0.25, 0.3) is 11.7 Å². The van der Waals surface area contributed by atoms with Crippen molar-refractivity contribution in [3.8, 4) is 0 Å². The van der Waals surface area contributed by atoms with Crippen LogP contribution >= 0.6 is 23.2 Å². The molecule has 0 aromatic heterocycles. The molecule has 1 aliphatic rings. The molecule has 1 fully saturated rings. The Morgan fingerprint density at radius 2 is 1.75 bits per heavy atom. The summed E-state index contributed by atoms with van der Waals surface area (Å²) in [7, 11) is 0. The standard InChI is InChI=1S/C22H21Cl2NO3/c1-12(2)11-25-19(16-9-8-15(23)10-17(16)24)18(21(27)22(25)28)20(26)14-6-4-13(3)5-7-14/h4-10,12,19,26H,11H2,1-3H3/t19-/m0/s1. The molecule has 0 unspecified atom stereocenters. The largest absolute Gasteiger partial charge is 0.507 e. The molecule has 1 atom stereocenters. The Morgan fingerprint density at radius 1 is 1.11 bits per heavy atom. The third-order valence-electron chi connectivity index (χ3n) is 4.68. The molecule has 2 aromatic rings. The Kier molecular flexibility index (Phi) is 5.82. The van der Waals surface area contributed by atoms with Crippen LogP contribution in [0.15, 0.2) is 48.0 Å². The van der Waals surface area contributed by atoms with Crippen LogP contribution in [0.1, 0.15) is 36.6 Å². The van der Waals surface area contributed by atoms with Gasteiger partial charge in [-0.1, -0.05) is 72.9 Å². The minimum absolute atomic E-state index is 0.0405. The second-order valence-electron chi connectivity index (χ2n) is 7.38. The zero-order valence-electron chi connectivity index (χ0n) is 15.9. The van der Waals surface area contributed by atoms with Gasteiger partial charge in [0, 0.05) is 22.2 Å². The van der Waals surface area contributed by atoms with E-state index in [0.29, 0.717) is 27.7 Å². The minimum Gasteiger partial charge on any atom is -0.507 e. The van der Waals surface area contributed by atoms with E-state index in [0.717, 1.165) is 5.56 Å². The first-order valence-corrected chi connectivity index (χ1v) is 9.76. The van der Waals surface area contributed by atoms with Gasteiger partial charge in [-0.25, -0.2) is 0 Å². The van der Waals surface area contributed by atoms with Crippen LogP contribution < -0.4 is 0 Å². The van der Waals surface area contributed by atoms with E-state index in [9.17, 15) is 14.7 Å². The Labute approximate surface area is 174 Å². The predicted molar refractivity (Wildman–Crippen MR) is 111 cm³/mol. The van der Waals surface area contributed by atoms with Gasteiger partial charge in [0.2, 0.25) is 0 Å². The number of Topliss-reactive ketones (excluding diaryl/α,β-unsaturated/α-hetero) is 1. The van der Waals surface area contributed by atoms with Gasteiger partial charge in [0.15, 0.2) is 0 Å². The highest BCUT2D eigenvalue weighted by Crippen LogP contribution is 2.42. The summed E-state index contributed by atoms with van der Waals surface area (Å²) in [5.74, 6) is -1.43. The number of ketones is 1. The second-order valence-corrected chi connectivity index (χ2v) is 8.22. The van der Waals surface area contributed by atoms with Crippen LogP contribution in [0, 0.1) is 12.8 Å². The average molecular weight is 418 g/mol. The second kappa shape index (κ2) is 7.98. The molecule has 1 N–H and O–H groups in total. The van der Waals surface area contributed by atoms with E-state index in [-0.39, 0.29) is 17.3 Å². The van der Waals surface area contributed by atoms with Crippen LogP contribution in [0.5, 0.6) is 0 Å². The van der Waals surface area contributed by atoms with E-state index in [1.54, 1.807) is 30.3 Å². The van der Waals surface area contributed by atoms with Gasteiger partial charge in [0.05, 0.1) is 11.6 Å². The summed E-state index contributed by atoms with van der Waals surface area (Å²) in [5.41, 5.74) is 2.09. The van der Waals surface area contributed by atoms with Crippen molar-refractivity contribution in [2.45, 2.75) is 26.8 Å². The summed E-state index contributed by atoms with van der Waals surface area (Å²) in [6.45, 7) is 6.21. The molecule has 28 heavy (non-hydrogen) atoms. The molecule has 1 saturated heterocycles. The predicted octanol–water partition coefficient (Wildman–Crippen LogP) is 5.38. The summed E-state index contributed by atoms with van der Waals surface area (Å²) >= 11 is 12.4. The third kappa shape index (κ3) is 3.80. The number of likely N-dealkylation sites (tertiary alicyclic amines) is 1. The number of aliphatic hydroxyl groups is 1. The number of halogens is 2. The maximum Gasteiger partial charge on any atom is 0.295 e. The molecule has 0 saturated carbocycles. The van der Waals surface area contributed by atoms with Crippen molar-refractivity contribution in [3.63, 3.8) is 0 Å². The summed E-state index contributed by atoms with van der Waals surface area (Å²) in [4.78, 5) is 27.1. The van der Waals surface area contributed by atoms with Crippen LogP contribution in [0.4, 0.5) is 0 Å². The van der Waals surface area contributed by atoms with Gasteiger partial charge in [-0.2, -0.15) is 0 Å². The number of hydrogen-bond donors (Lipinski definition) is 1. The molecule has 2 aromatic carbocycles. The van der Waals surface area contributed by atoms with E-state index in [2.05, 4.69) is 0 Å². The minimum atomic E-state index is -0.770. The highest BCUT2D eigenvalue weighted by molar-refractivity contribution is 6.47. The summed E-state index contributed by atoms with van der Waals surface area (Å²) in [6, 6.07) is 11.3. The summed E-state index contributed by atoms with van der Waals surface area (Å²) in [5, 5.41) is 11.7. The molecule has 1 amide bonds. The topological polar surface area (TPSA) is 57.6 Å².